The lowest BCUT2D eigenvalue weighted by atomic mass is 9.99. The van der Waals surface area contributed by atoms with E-state index in [0.29, 0.717) is 10.6 Å². The predicted octanol–water partition coefficient (Wildman–Crippen LogP) is 3.50. The van der Waals surface area contributed by atoms with Gasteiger partial charge in [-0.2, -0.15) is 0 Å². The number of carbonyl (C=O) groups is 1. The Hall–Kier alpha value is -1.82. The summed E-state index contributed by atoms with van der Waals surface area (Å²) >= 11 is 6.45. The van der Waals surface area contributed by atoms with Crippen molar-refractivity contribution in [2.75, 3.05) is 32.8 Å². The first-order valence-electron chi connectivity index (χ1n) is 9.61. The molecule has 1 fully saturated rings. The molecule has 5 nitrogen and oxygen atoms in total. The van der Waals surface area contributed by atoms with Crippen LogP contribution in [0.15, 0.2) is 24.3 Å². The van der Waals surface area contributed by atoms with Crippen LogP contribution in [0.3, 0.4) is 0 Å². The number of nitrogens with two attached hydrogens (primary N) is 1. The minimum Gasteiger partial charge on any atom is -0.379 e. The highest BCUT2D eigenvalue weighted by Gasteiger charge is 2.25. The number of nitrogens with zero attached hydrogens (tertiary/aromatic N) is 2. The summed E-state index contributed by atoms with van der Waals surface area (Å²) in [5.41, 5.74) is 10.2. The largest absolute Gasteiger partial charge is 0.379 e. The highest BCUT2D eigenvalue weighted by Crippen LogP contribution is 2.37. The van der Waals surface area contributed by atoms with Crippen molar-refractivity contribution in [1.29, 1.82) is 0 Å². The van der Waals surface area contributed by atoms with Gasteiger partial charge in [0, 0.05) is 53.7 Å². The van der Waals surface area contributed by atoms with Crippen LogP contribution in [0.5, 0.6) is 0 Å². The van der Waals surface area contributed by atoms with Gasteiger partial charge >= 0.3 is 0 Å². The first-order chi connectivity index (χ1) is 13.0. The molecule has 0 atom stereocenters. The number of morpholine rings is 1. The summed E-state index contributed by atoms with van der Waals surface area (Å²) in [5.74, 6) is -0.399. The SMILES string of the molecule is CCc1c(-c2ccccc2Cl)c(C(N)=O)c(C)n1CCCN1CCOCC1. The highest BCUT2D eigenvalue weighted by atomic mass is 35.5. The Labute approximate surface area is 166 Å². The van der Waals surface area contributed by atoms with Gasteiger partial charge < -0.3 is 15.0 Å². The Balaban J connectivity index is 1.93. The molecule has 2 heterocycles. The number of ether oxygens (including phenoxy) is 1. The van der Waals surface area contributed by atoms with Gasteiger partial charge in [0.2, 0.25) is 0 Å². The van der Waals surface area contributed by atoms with E-state index in [2.05, 4.69) is 16.4 Å². The van der Waals surface area contributed by atoms with Crippen molar-refractivity contribution in [2.45, 2.75) is 33.2 Å². The van der Waals surface area contributed by atoms with Crippen LogP contribution in [-0.4, -0.2) is 48.2 Å². The summed E-state index contributed by atoms with van der Waals surface area (Å²) in [5, 5.41) is 0.639. The molecule has 0 unspecified atom stereocenters. The van der Waals surface area contributed by atoms with E-state index in [0.717, 1.165) is 74.7 Å². The van der Waals surface area contributed by atoms with Gasteiger partial charge in [-0.1, -0.05) is 36.7 Å². The van der Waals surface area contributed by atoms with E-state index in [9.17, 15) is 4.79 Å². The van der Waals surface area contributed by atoms with Crippen molar-refractivity contribution in [3.05, 3.63) is 46.2 Å². The average molecular weight is 390 g/mol. The van der Waals surface area contributed by atoms with Gasteiger partial charge in [0.1, 0.15) is 0 Å². The third-order valence-electron chi connectivity index (χ3n) is 5.32. The van der Waals surface area contributed by atoms with Crippen LogP contribution >= 0.6 is 11.6 Å². The third-order valence-corrected chi connectivity index (χ3v) is 5.64. The van der Waals surface area contributed by atoms with E-state index in [1.165, 1.54) is 0 Å². The van der Waals surface area contributed by atoms with E-state index in [1.54, 1.807) is 0 Å². The van der Waals surface area contributed by atoms with E-state index < -0.39 is 5.91 Å². The van der Waals surface area contributed by atoms with E-state index in [-0.39, 0.29) is 0 Å². The fourth-order valence-corrected chi connectivity index (χ4v) is 4.23. The first-order valence-corrected chi connectivity index (χ1v) is 9.99. The second-order valence-electron chi connectivity index (χ2n) is 6.94. The van der Waals surface area contributed by atoms with Crippen molar-refractivity contribution >= 4 is 17.5 Å². The molecule has 0 bridgehead atoms. The summed E-state index contributed by atoms with van der Waals surface area (Å²) in [6.45, 7) is 9.57. The number of amides is 1. The fraction of sp³-hybridized carbons (Fsp3) is 0.476. The minimum absolute atomic E-state index is 0.399. The van der Waals surface area contributed by atoms with Crippen molar-refractivity contribution in [1.82, 2.24) is 9.47 Å². The fourth-order valence-electron chi connectivity index (χ4n) is 4.00. The lowest BCUT2D eigenvalue weighted by molar-refractivity contribution is 0.0369. The molecule has 3 rings (SSSR count). The van der Waals surface area contributed by atoms with E-state index in [4.69, 9.17) is 22.1 Å². The van der Waals surface area contributed by atoms with Crippen LogP contribution in [0.1, 0.15) is 35.1 Å². The molecule has 27 heavy (non-hydrogen) atoms. The maximum Gasteiger partial charge on any atom is 0.251 e. The summed E-state index contributed by atoms with van der Waals surface area (Å²) in [7, 11) is 0. The molecule has 1 aliphatic heterocycles. The van der Waals surface area contributed by atoms with Crippen molar-refractivity contribution < 1.29 is 9.53 Å². The van der Waals surface area contributed by atoms with Crippen LogP contribution in [0.2, 0.25) is 5.02 Å². The molecule has 6 heteroatoms. The number of benzene rings is 1. The molecular formula is C21H28ClN3O2. The predicted molar refractivity (Wildman–Crippen MR) is 109 cm³/mol. The van der Waals surface area contributed by atoms with Gasteiger partial charge in [-0.05, 0) is 25.8 Å². The number of hydrogen-bond donors (Lipinski definition) is 1. The standard InChI is InChI=1S/C21H28ClN3O2/c1-3-18-20(16-7-4-5-8-17(16)22)19(21(23)26)15(2)25(18)10-6-9-24-11-13-27-14-12-24/h4-5,7-8H,3,6,9-14H2,1-2H3,(H2,23,26). The number of hydrogen-bond acceptors (Lipinski definition) is 3. The van der Waals surface area contributed by atoms with Gasteiger partial charge in [0.05, 0.1) is 18.8 Å². The molecule has 146 valence electrons. The number of primary amides is 1. The summed E-state index contributed by atoms with van der Waals surface area (Å²) in [6.07, 6.45) is 1.83. The van der Waals surface area contributed by atoms with Gasteiger partial charge in [0.25, 0.3) is 5.91 Å². The minimum atomic E-state index is -0.399. The second kappa shape index (κ2) is 8.91. The van der Waals surface area contributed by atoms with Crippen LogP contribution in [0.25, 0.3) is 11.1 Å². The highest BCUT2D eigenvalue weighted by molar-refractivity contribution is 6.33. The molecule has 0 aliphatic carbocycles. The monoisotopic (exact) mass is 389 g/mol. The first kappa shape index (κ1) is 19.9. The molecule has 1 aromatic carbocycles. The van der Waals surface area contributed by atoms with Crippen LogP contribution in [0.4, 0.5) is 0 Å². The molecule has 2 N–H and O–H groups in total. The Morgan fingerprint density at radius 2 is 1.93 bits per heavy atom. The number of halogens is 1. The number of rotatable bonds is 7. The maximum absolute atomic E-state index is 12.3. The van der Waals surface area contributed by atoms with Crippen LogP contribution in [0, 0.1) is 6.92 Å². The zero-order valence-corrected chi connectivity index (χ0v) is 16.9. The molecule has 0 radical (unpaired) electrons. The third kappa shape index (κ3) is 4.21. The quantitative estimate of drug-likeness (QED) is 0.788. The van der Waals surface area contributed by atoms with Crippen LogP contribution < -0.4 is 5.73 Å². The molecule has 0 spiro atoms. The molecule has 1 amide bonds. The molecule has 1 aliphatic rings. The average Bonchev–Trinajstić information content (AvgIpc) is 2.95. The number of carbonyl (C=O) groups excluding carboxylic acids is 1. The summed E-state index contributed by atoms with van der Waals surface area (Å²) < 4.78 is 7.66. The lowest BCUT2D eigenvalue weighted by Crippen LogP contribution is -2.37. The van der Waals surface area contributed by atoms with Crippen molar-refractivity contribution in [3.8, 4) is 11.1 Å². The molecule has 2 aromatic rings. The van der Waals surface area contributed by atoms with Gasteiger partial charge in [-0.25, -0.2) is 0 Å². The topological polar surface area (TPSA) is 60.5 Å². The van der Waals surface area contributed by atoms with Gasteiger partial charge in [0.15, 0.2) is 0 Å². The Morgan fingerprint density at radius 1 is 1.22 bits per heavy atom. The maximum atomic E-state index is 12.3. The van der Waals surface area contributed by atoms with Gasteiger partial charge in [-0.3, -0.25) is 9.69 Å². The number of aromatic nitrogens is 1. The zero-order valence-electron chi connectivity index (χ0n) is 16.1. The molecule has 1 aromatic heterocycles. The lowest BCUT2D eigenvalue weighted by Gasteiger charge is -2.26. The van der Waals surface area contributed by atoms with Crippen LogP contribution in [-0.2, 0) is 17.7 Å². The molecule has 1 saturated heterocycles. The van der Waals surface area contributed by atoms with E-state index >= 15 is 0 Å². The second-order valence-corrected chi connectivity index (χ2v) is 7.35. The summed E-state index contributed by atoms with van der Waals surface area (Å²) in [4.78, 5) is 14.7. The smallest absolute Gasteiger partial charge is 0.251 e. The zero-order chi connectivity index (χ0) is 19.4. The Morgan fingerprint density at radius 3 is 2.56 bits per heavy atom. The molecule has 0 saturated carbocycles. The normalized spacial score (nSPS) is 15.2. The van der Waals surface area contributed by atoms with E-state index in [1.807, 2.05) is 31.2 Å². The molecular weight excluding hydrogens is 362 g/mol. The Bertz CT molecular complexity index is 810. The van der Waals surface area contributed by atoms with Gasteiger partial charge in [-0.15, -0.1) is 0 Å². The Kier molecular flexibility index (Phi) is 6.58. The summed E-state index contributed by atoms with van der Waals surface area (Å²) in [6, 6.07) is 7.65. The van der Waals surface area contributed by atoms with Crippen molar-refractivity contribution in [3.63, 3.8) is 0 Å². The van der Waals surface area contributed by atoms with Crippen molar-refractivity contribution in [2.24, 2.45) is 5.73 Å².